The minimum absolute atomic E-state index is 0. The highest BCUT2D eigenvalue weighted by Gasteiger charge is 2.33. The molecular formula is C15H27Cl2N5O2. The lowest BCUT2D eigenvalue weighted by atomic mass is 10.1. The lowest BCUT2D eigenvalue weighted by Gasteiger charge is -2.37. The molecule has 9 heteroatoms. The van der Waals surface area contributed by atoms with Crippen molar-refractivity contribution in [3.63, 3.8) is 0 Å². The highest BCUT2D eigenvalue weighted by molar-refractivity contribution is 5.85. The van der Waals surface area contributed by atoms with Crippen LogP contribution < -0.4 is 5.73 Å². The fourth-order valence-corrected chi connectivity index (χ4v) is 3.47. The largest absolute Gasteiger partial charge is 0.340 e. The summed E-state index contributed by atoms with van der Waals surface area (Å²) in [5, 5.41) is 3.85. The van der Waals surface area contributed by atoms with Crippen molar-refractivity contribution in [2.45, 2.75) is 45.2 Å². The van der Waals surface area contributed by atoms with E-state index in [2.05, 4.69) is 22.0 Å². The number of nitrogens with zero attached hydrogens (tertiary/aromatic N) is 4. The molecule has 3 atom stereocenters. The highest BCUT2D eigenvalue weighted by Crippen LogP contribution is 2.27. The molecule has 1 amide bonds. The van der Waals surface area contributed by atoms with Gasteiger partial charge in [-0.1, -0.05) is 5.16 Å². The molecule has 0 bridgehead atoms. The molecule has 7 nitrogen and oxygen atoms in total. The second-order valence-corrected chi connectivity index (χ2v) is 6.49. The molecule has 0 radical (unpaired) electrons. The summed E-state index contributed by atoms with van der Waals surface area (Å²) in [7, 11) is 0. The van der Waals surface area contributed by atoms with Gasteiger partial charge in [0.05, 0.1) is 6.04 Å². The Morgan fingerprint density at radius 1 is 1.25 bits per heavy atom. The summed E-state index contributed by atoms with van der Waals surface area (Å²) in [4.78, 5) is 21.1. The maximum atomic E-state index is 12.5. The normalized spacial score (nSPS) is 25.7. The molecule has 1 aromatic heterocycles. The summed E-state index contributed by atoms with van der Waals surface area (Å²) in [5.74, 6) is 1.73. The van der Waals surface area contributed by atoms with Crippen molar-refractivity contribution < 1.29 is 9.32 Å². The van der Waals surface area contributed by atoms with Gasteiger partial charge in [-0.3, -0.25) is 9.69 Å². The van der Waals surface area contributed by atoms with Crippen LogP contribution in [0.5, 0.6) is 0 Å². The van der Waals surface area contributed by atoms with Gasteiger partial charge in [0.15, 0.2) is 5.82 Å². The molecule has 1 aliphatic carbocycles. The number of carbonyl (C=O) groups is 1. The van der Waals surface area contributed by atoms with Gasteiger partial charge in [-0.25, -0.2) is 0 Å². The summed E-state index contributed by atoms with van der Waals surface area (Å²) in [5.41, 5.74) is 5.92. The van der Waals surface area contributed by atoms with Crippen LogP contribution >= 0.6 is 24.8 Å². The molecule has 1 saturated heterocycles. The number of carbonyl (C=O) groups excluding carboxylic acids is 1. The highest BCUT2D eigenvalue weighted by atomic mass is 35.5. The van der Waals surface area contributed by atoms with Crippen molar-refractivity contribution in [2.24, 2.45) is 11.7 Å². The number of piperazine rings is 1. The van der Waals surface area contributed by atoms with E-state index in [0.717, 1.165) is 45.4 Å². The van der Waals surface area contributed by atoms with Crippen molar-refractivity contribution in [3.8, 4) is 0 Å². The fourth-order valence-electron chi connectivity index (χ4n) is 3.47. The first-order valence-corrected chi connectivity index (χ1v) is 8.13. The van der Waals surface area contributed by atoms with Crippen LogP contribution in [-0.2, 0) is 4.79 Å². The third kappa shape index (κ3) is 4.59. The van der Waals surface area contributed by atoms with Gasteiger partial charge >= 0.3 is 0 Å². The second-order valence-electron chi connectivity index (χ2n) is 6.49. The molecule has 2 fully saturated rings. The molecule has 138 valence electrons. The zero-order chi connectivity index (χ0) is 15.7. The second kappa shape index (κ2) is 8.99. The maximum absolute atomic E-state index is 12.5. The van der Waals surface area contributed by atoms with Crippen molar-refractivity contribution in [1.29, 1.82) is 0 Å². The van der Waals surface area contributed by atoms with Crippen LogP contribution in [0.2, 0.25) is 0 Å². The summed E-state index contributed by atoms with van der Waals surface area (Å²) in [6.07, 6.45) is 2.76. The van der Waals surface area contributed by atoms with Crippen LogP contribution in [0.4, 0.5) is 0 Å². The molecule has 1 aliphatic heterocycles. The van der Waals surface area contributed by atoms with Crippen LogP contribution in [0, 0.1) is 12.8 Å². The van der Waals surface area contributed by atoms with Crippen LogP contribution in [0.3, 0.4) is 0 Å². The van der Waals surface area contributed by atoms with Crippen molar-refractivity contribution in [1.82, 2.24) is 19.9 Å². The maximum Gasteiger partial charge on any atom is 0.243 e. The molecule has 2 aliphatic rings. The van der Waals surface area contributed by atoms with Crippen LogP contribution in [-0.4, -0.2) is 58.1 Å². The lowest BCUT2D eigenvalue weighted by molar-refractivity contribution is -0.137. The standard InChI is InChI=1S/C15H25N5O2.2ClH/c1-10(14-17-11(2)18-22-14)19-5-7-20(8-6-19)15(21)12-3-4-13(16)9-12;;/h10,12-13H,3-9,16H2,1-2H3;2*1H. The SMILES string of the molecule is Cc1noc(C(C)N2CCN(C(=O)C3CCC(N)C3)CC2)n1.Cl.Cl. The van der Waals surface area contributed by atoms with Gasteiger partial charge in [-0.15, -0.1) is 24.8 Å². The molecule has 1 saturated carbocycles. The zero-order valence-corrected chi connectivity index (χ0v) is 15.8. The van der Waals surface area contributed by atoms with Crippen molar-refractivity contribution in [3.05, 3.63) is 11.7 Å². The summed E-state index contributed by atoms with van der Waals surface area (Å²) in [6.45, 7) is 7.10. The van der Waals surface area contributed by atoms with E-state index in [9.17, 15) is 4.79 Å². The zero-order valence-electron chi connectivity index (χ0n) is 14.2. The van der Waals surface area contributed by atoms with Gasteiger partial charge in [0, 0.05) is 38.1 Å². The minimum Gasteiger partial charge on any atom is -0.340 e. The van der Waals surface area contributed by atoms with E-state index in [0.29, 0.717) is 11.7 Å². The van der Waals surface area contributed by atoms with Crippen molar-refractivity contribution >= 4 is 30.7 Å². The molecule has 2 heterocycles. The van der Waals surface area contributed by atoms with Crippen LogP contribution in [0.1, 0.15) is 43.9 Å². The van der Waals surface area contributed by atoms with Gasteiger partial charge < -0.3 is 15.2 Å². The Hall–Kier alpha value is -0.890. The van der Waals surface area contributed by atoms with Gasteiger partial charge in [-0.2, -0.15) is 4.98 Å². The van der Waals surface area contributed by atoms with Crippen molar-refractivity contribution in [2.75, 3.05) is 26.2 Å². The molecule has 0 spiro atoms. The Morgan fingerprint density at radius 2 is 1.92 bits per heavy atom. The first-order valence-electron chi connectivity index (χ1n) is 8.13. The Balaban J connectivity index is 0.00000144. The Morgan fingerprint density at radius 3 is 2.42 bits per heavy atom. The van der Waals surface area contributed by atoms with E-state index >= 15 is 0 Å². The minimum atomic E-state index is 0. The third-order valence-electron chi connectivity index (χ3n) is 4.90. The average Bonchev–Trinajstić information content (AvgIpc) is 3.14. The van der Waals surface area contributed by atoms with E-state index < -0.39 is 0 Å². The van der Waals surface area contributed by atoms with E-state index in [4.69, 9.17) is 10.3 Å². The summed E-state index contributed by atoms with van der Waals surface area (Å²) >= 11 is 0. The number of nitrogens with two attached hydrogens (primary N) is 1. The number of aromatic nitrogens is 2. The molecule has 0 aromatic carbocycles. The first kappa shape index (κ1) is 21.2. The van der Waals surface area contributed by atoms with E-state index in [1.165, 1.54) is 0 Å². The van der Waals surface area contributed by atoms with E-state index in [1.807, 2.05) is 11.8 Å². The first-order chi connectivity index (χ1) is 10.5. The number of hydrogen-bond acceptors (Lipinski definition) is 6. The quantitative estimate of drug-likeness (QED) is 0.856. The Labute approximate surface area is 155 Å². The van der Waals surface area contributed by atoms with Gasteiger partial charge in [0.1, 0.15) is 0 Å². The molecule has 2 N–H and O–H groups in total. The average molecular weight is 380 g/mol. The monoisotopic (exact) mass is 379 g/mol. The van der Waals surface area contributed by atoms with Gasteiger partial charge in [0.25, 0.3) is 0 Å². The molecular weight excluding hydrogens is 353 g/mol. The number of aryl methyl sites for hydroxylation is 1. The molecule has 1 aromatic rings. The Kier molecular flexibility index (Phi) is 7.92. The van der Waals surface area contributed by atoms with E-state index in [-0.39, 0.29) is 48.7 Å². The van der Waals surface area contributed by atoms with E-state index in [1.54, 1.807) is 0 Å². The molecule has 3 unspecified atom stereocenters. The fraction of sp³-hybridized carbons (Fsp3) is 0.800. The molecule has 3 rings (SSSR count). The topological polar surface area (TPSA) is 88.5 Å². The Bertz CT molecular complexity index is 534. The predicted octanol–water partition coefficient (Wildman–Crippen LogP) is 1.55. The number of halogens is 2. The number of hydrogen-bond donors (Lipinski definition) is 1. The smallest absolute Gasteiger partial charge is 0.243 e. The summed E-state index contributed by atoms with van der Waals surface area (Å²) < 4.78 is 5.25. The lowest BCUT2D eigenvalue weighted by Crippen LogP contribution is -2.50. The number of rotatable bonds is 3. The third-order valence-corrected chi connectivity index (χ3v) is 4.90. The van der Waals surface area contributed by atoms with Gasteiger partial charge in [-0.05, 0) is 33.1 Å². The van der Waals surface area contributed by atoms with Crippen LogP contribution in [0.25, 0.3) is 0 Å². The van der Waals surface area contributed by atoms with Crippen LogP contribution in [0.15, 0.2) is 4.52 Å². The predicted molar refractivity (Wildman–Crippen MR) is 95.4 cm³/mol. The molecule has 24 heavy (non-hydrogen) atoms. The van der Waals surface area contributed by atoms with Gasteiger partial charge in [0.2, 0.25) is 11.8 Å². The summed E-state index contributed by atoms with van der Waals surface area (Å²) in [6, 6.07) is 0.300. The number of amides is 1.